The first-order chi connectivity index (χ1) is 17.5. The molecule has 1 saturated heterocycles. The van der Waals surface area contributed by atoms with Gasteiger partial charge in [0.15, 0.2) is 5.82 Å². The Bertz CT molecular complexity index is 1430. The summed E-state index contributed by atoms with van der Waals surface area (Å²) in [6.07, 6.45) is 5.47. The summed E-state index contributed by atoms with van der Waals surface area (Å²) in [5, 5.41) is 2.88. The molecule has 2 atom stereocenters. The lowest BCUT2D eigenvalue weighted by atomic mass is 9.98. The van der Waals surface area contributed by atoms with E-state index in [0.29, 0.717) is 46.8 Å². The van der Waals surface area contributed by atoms with E-state index in [1.165, 1.54) is 19.3 Å². The van der Waals surface area contributed by atoms with Crippen molar-refractivity contribution in [2.75, 3.05) is 45.2 Å². The summed E-state index contributed by atoms with van der Waals surface area (Å²) in [5.74, 6) is 1.54. The molecule has 2 aromatic heterocycles. The zero-order valence-electron chi connectivity index (χ0n) is 20.5. The summed E-state index contributed by atoms with van der Waals surface area (Å²) in [6, 6.07) is 11.6. The molecular formula is C28H29ClFN5O. The molecule has 1 aliphatic carbocycles. The number of hydrogen-bond donors (Lipinski definition) is 0. The third-order valence-electron chi connectivity index (χ3n) is 7.43. The van der Waals surface area contributed by atoms with Crippen LogP contribution in [-0.2, 0) is 0 Å². The topological polar surface area (TPSA) is 54.4 Å². The van der Waals surface area contributed by atoms with E-state index in [0.717, 1.165) is 23.9 Å². The van der Waals surface area contributed by atoms with Crippen molar-refractivity contribution in [1.82, 2.24) is 19.9 Å². The monoisotopic (exact) mass is 505 g/mol. The molecule has 8 heteroatoms. The molecule has 0 radical (unpaired) electrons. The first-order valence-electron chi connectivity index (χ1n) is 12.5. The van der Waals surface area contributed by atoms with E-state index in [1.54, 1.807) is 6.20 Å². The summed E-state index contributed by atoms with van der Waals surface area (Å²) < 4.78 is 22.2. The van der Waals surface area contributed by atoms with Gasteiger partial charge in [-0.2, -0.15) is 9.97 Å². The number of likely N-dealkylation sites (N-methyl/N-ethyl adjacent to an activating group) is 1. The van der Waals surface area contributed by atoms with Crippen LogP contribution in [0.5, 0.6) is 6.01 Å². The zero-order chi connectivity index (χ0) is 24.8. The molecular weight excluding hydrogens is 477 g/mol. The van der Waals surface area contributed by atoms with Crippen LogP contribution in [0.15, 0.2) is 42.6 Å². The lowest BCUT2D eigenvalue weighted by Crippen LogP contribution is -2.37. The third kappa shape index (κ3) is 4.24. The third-order valence-corrected chi connectivity index (χ3v) is 7.74. The standard InChI is InChI=1S/C28H29ClFN5O/c1-34(2)11-12-36-28-32-26-21(27(33-28)35-15-17-9-10-18(13-17)16-35)14-31-25(24(26)30)20-7-3-5-19-6-4-8-22(29)23(19)20/h3-8,14,17-18H,9-13,15-16H2,1-2H3. The van der Waals surface area contributed by atoms with Gasteiger partial charge in [-0.25, -0.2) is 4.39 Å². The first-order valence-corrected chi connectivity index (χ1v) is 12.9. The van der Waals surface area contributed by atoms with E-state index < -0.39 is 5.82 Å². The molecule has 2 aromatic carbocycles. The summed E-state index contributed by atoms with van der Waals surface area (Å²) in [4.78, 5) is 18.2. The quantitative estimate of drug-likeness (QED) is 0.329. The Morgan fingerprint density at radius 2 is 1.83 bits per heavy atom. The Kier molecular flexibility index (Phi) is 6.13. The second kappa shape index (κ2) is 9.45. The maximum atomic E-state index is 16.3. The number of hydrogen-bond acceptors (Lipinski definition) is 6. The molecule has 2 fully saturated rings. The van der Waals surface area contributed by atoms with Crippen molar-refractivity contribution in [2.24, 2.45) is 11.8 Å². The van der Waals surface area contributed by atoms with Crippen molar-refractivity contribution < 1.29 is 9.13 Å². The normalized spacial score (nSPS) is 19.5. The maximum absolute atomic E-state index is 16.3. The number of pyridine rings is 1. The Labute approximate surface area is 215 Å². The summed E-state index contributed by atoms with van der Waals surface area (Å²) in [5.41, 5.74) is 1.10. The second-order valence-corrected chi connectivity index (χ2v) is 10.7. The van der Waals surface area contributed by atoms with Crippen LogP contribution in [0, 0.1) is 17.7 Å². The molecule has 0 amide bonds. The van der Waals surface area contributed by atoms with Crippen LogP contribution in [0.25, 0.3) is 32.9 Å². The highest BCUT2D eigenvalue weighted by atomic mass is 35.5. The average molecular weight is 506 g/mol. The maximum Gasteiger partial charge on any atom is 0.319 e. The highest BCUT2D eigenvalue weighted by Gasteiger charge is 2.34. The number of benzene rings is 2. The Balaban J connectivity index is 1.50. The molecule has 0 N–H and O–H groups in total. The van der Waals surface area contributed by atoms with Crippen LogP contribution < -0.4 is 9.64 Å². The van der Waals surface area contributed by atoms with Crippen molar-refractivity contribution in [3.63, 3.8) is 0 Å². The molecule has 6 nitrogen and oxygen atoms in total. The average Bonchev–Trinajstić information content (AvgIpc) is 3.21. The van der Waals surface area contributed by atoms with Crippen LogP contribution in [0.3, 0.4) is 0 Å². The highest BCUT2D eigenvalue weighted by molar-refractivity contribution is 6.36. The molecule has 1 aliphatic heterocycles. The van der Waals surface area contributed by atoms with E-state index in [9.17, 15) is 0 Å². The van der Waals surface area contributed by atoms with E-state index >= 15 is 4.39 Å². The minimum Gasteiger partial charge on any atom is -0.462 e. The molecule has 6 rings (SSSR count). The smallest absolute Gasteiger partial charge is 0.319 e. The highest BCUT2D eigenvalue weighted by Crippen LogP contribution is 2.41. The number of piperidine rings is 1. The Morgan fingerprint density at radius 3 is 2.58 bits per heavy atom. The van der Waals surface area contributed by atoms with Gasteiger partial charge in [0.05, 0.1) is 5.39 Å². The van der Waals surface area contributed by atoms with Gasteiger partial charge in [0.2, 0.25) is 0 Å². The van der Waals surface area contributed by atoms with Crippen molar-refractivity contribution in [3.05, 3.63) is 53.4 Å². The molecule has 2 unspecified atom stereocenters. The summed E-state index contributed by atoms with van der Waals surface area (Å²) in [6.45, 7) is 2.97. The number of anilines is 1. The van der Waals surface area contributed by atoms with Crippen LogP contribution in [-0.4, -0.2) is 60.2 Å². The van der Waals surface area contributed by atoms with Gasteiger partial charge in [-0.3, -0.25) is 4.98 Å². The van der Waals surface area contributed by atoms with Crippen molar-refractivity contribution in [1.29, 1.82) is 0 Å². The van der Waals surface area contributed by atoms with Gasteiger partial charge < -0.3 is 14.5 Å². The fourth-order valence-electron chi connectivity index (χ4n) is 5.71. The lowest BCUT2D eigenvalue weighted by molar-refractivity contribution is 0.246. The van der Waals surface area contributed by atoms with Gasteiger partial charge >= 0.3 is 6.01 Å². The van der Waals surface area contributed by atoms with Gasteiger partial charge in [0, 0.05) is 41.8 Å². The number of aromatic nitrogens is 3. The van der Waals surface area contributed by atoms with E-state index in [-0.39, 0.29) is 17.2 Å². The molecule has 186 valence electrons. The predicted octanol–water partition coefficient (Wildman–Crippen LogP) is 5.81. The molecule has 0 spiro atoms. The van der Waals surface area contributed by atoms with Gasteiger partial charge in [-0.15, -0.1) is 0 Å². The van der Waals surface area contributed by atoms with Gasteiger partial charge in [0.1, 0.15) is 23.6 Å². The number of halogens is 2. The van der Waals surface area contributed by atoms with Gasteiger partial charge in [-0.05, 0) is 56.6 Å². The fraction of sp³-hybridized carbons (Fsp3) is 0.393. The second-order valence-electron chi connectivity index (χ2n) is 10.3. The van der Waals surface area contributed by atoms with Crippen LogP contribution in [0.2, 0.25) is 5.02 Å². The van der Waals surface area contributed by atoms with Gasteiger partial charge in [-0.1, -0.05) is 41.9 Å². The largest absolute Gasteiger partial charge is 0.462 e. The zero-order valence-corrected chi connectivity index (χ0v) is 21.3. The van der Waals surface area contributed by atoms with Gasteiger partial charge in [0.25, 0.3) is 0 Å². The number of nitrogens with zero attached hydrogens (tertiary/aromatic N) is 5. The number of rotatable bonds is 6. The van der Waals surface area contributed by atoms with Crippen molar-refractivity contribution in [3.8, 4) is 17.3 Å². The van der Waals surface area contributed by atoms with Crippen LogP contribution in [0.4, 0.5) is 10.2 Å². The minimum absolute atomic E-state index is 0.198. The molecule has 4 aromatic rings. The minimum atomic E-state index is -0.485. The molecule has 2 bridgehead atoms. The molecule has 2 aliphatic rings. The lowest BCUT2D eigenvalue weighted by Gasteiger charge is -2.33. The summed E-state index contributed by atoms with van der Waals surface area (Å²) >= 11 is 6.54. The number of fused-ring (bicyclic) bond motifs is 4. The van der Waals surface area contributed by atoms with E-state index in [1.807, 2.05) is 55.4 Å². The fourth-order valence-corrected chi connectivity index (χ4v) is 5.99. The predicted molar refractivity (Wildman–Crippen MR) is 142 cm³/mol. The first kappa shape index (κ1) is 23.4. The molecule has 36 heavy (non-hydrogen) atoms. The van der Waals surface area contributed by atoms with Crippen LogP contribution >= 0.6 is 11.6 Å². The van der Waals surface area contributed by atoms with E-state index in [2.05, 4.69) is 14.9 Å². The van der Waals surface area contributed by atoms with Crippen LogP contribution in [0.1, 0.15) is 19.3 Å². The Hall–Kier alpha value is -3.03. The van der Waals surface area contributed by atoms with Crippen molar-refractivity contribution in [2.45, 2.75) is 19.3 Å². The van der Waals surface area contributed by atoms with Crippen molar-refractivity contribution >= 4 is 39.1 Å². The molecule has 3 heterocycles. The SMILES string of the molecule is CN(C)CCOc1nc(N2CC3CCC(C3)C2)c2cnc(-c3cccc4cccc(Cl)c34)c(F)c2n1. The number of ether oxygens (including phenoxy) is 1. The summed E-state index contributed by atoms with van der Waals surface area (Å²) in [7, 11) is 3.96. The molecule has 1 saturated carbocycles. The van der Waals surface area contributed by atoms with E-state index in [4.69, 9.17) is 21.3 Å². The Morgan fingerprint density at radius 1 is 1.08 bits per heavy atom.